The minimum atomic E-state index is -0.461. The van der Waals surface area contributed by atoms with Crippen molar-refractivity contribution in [3.05, 3.63) is 47.8 Å². The number of hydrogen-bond acceptors (Lipinski definition) is 2. The lowest BCUT2D eigenvalue weighted by Gasteiger charge is -2.24. The standard InChI is InChI=1S/C15H17NO2/c1-15(2,3)18-14(17)16-8-12-10-4-5-11(7-6-10)13(12)9-16/h4-11H,1-3H3. The molecule has 0 aromatic carbocycles. The normalized spacial score (nSPS) is 24.2. The zero-order valence-corrected chi connectivity index (χ0v) is 10.9. The fourth-order valence-electron chi connectivity index (χ4n) is 2.48. The monoisotopic (exact) mass is 243 g/mol. The van der Waals surface area contributed by atoms with E-state index in [9.17, 15) is 4.79 Å². The van der Waals surface area contributed by atoms with Gasteiger partial charge in [0.1, 0.15) is 5.60 Å². The lowest BCUT2D eigenvalue weighted by atomic mass is 9.79. The van der Waals surface area contributed by atoms with Crippen LogP contribution >= 0.6 is 0 Å². The largest absolute Gasteiger partial charge is 0.443 e. The van der Waals surface area contributed by atoms with Crippen molar-refractivity contribution in [1.29, 1.82) is 0 Å². The molecule has 0 unspecified atom stereocenters. The van der Waals surface area contributed by atoms with E-state index in [4.69, 9.17) is 4.74 Å². The van der Waals surface area contributed by atoms with Crippen molar-refractivity contribution in [1.82, 2.24) is 4.57 Å². The van der Waals surface area contributed by atoms with Crippen LogP contribution < -0.4 is 0 Å². The van der Waals surface area contributed by atoms with Gasteiger partial charge in [-0.25, -0.2) is 4.79 Å². The molecule has 0 N–H and O–H groups in total. The maximum atomic E-state index is 12.0. The third-order valence-corrected chi connectivity index (χ3v) is 3.26. The Bertz CT molecular complexity index is 510. The number of carbonyl (C=O) groups is 1. The van der Waals surface area contributed by atoms with E-state index >= 15 is 0 Å². The van der Waals surface area contributed by atoms with Gasteiger partial charge in [0.05, 0.1) is 0 Å². The molecule has 1 heterocycles. The van der Waals surface area contributed by atoms with Crippen LogP contribution in [0.15, 0.2) is 36.7 Å². The second-order valence-electron chi connectivity index (χ2n) is 5.88. The maximum Gasteiger partial charge on any atom is 0.418 e. The Hall–Kier alpha value is -1.77. The first-order valence-electron chi connectivity index (χ1n) is 6.26. The quantitative estimate of drug-likeness (QED) is 0.652. The average molecular weight is 243 g/mol. The summed E-state index contributed by atoms with van der Waals surface area (Å²) in [6.45, 7) is 5.63. The summed E-state index contributed by atoms with van der Waals surface area (Å²) in [5.41, 5.74) is 1.98. The van der Waals surface area contributed by atoms with Crippen molar-refractivity contribution in [2.24, 2.45) is 0 Å². The molecule has 4 rings (SSSR count). The molecule has 0 saturated carbocycles. The number of aromatic nitrogens is 1. The van der Waals surface area contributed by atoms with Gasteiger partial charge in [-0.1, -0.05) is 24.3 Å². The van der Waals surface area contributed by atoms with Gasteiger partial charge in [-0.05, 0) is 31.9 Å². The Morgan fingerprint density at radius 1 is 1.06 bits per heavy atom. The lowest BCUT2D eigenvalue weighted by Crippen LogP contribution is -2.26. The average Bonchev–Trinajstić information content (AvgIpc) is 2.74. The van der Waals surface area contributed by atoms with Crippen LogP contribution in [0.5, 0.6) is 0 Å². The minimum Gasteiger partial charge on any atom is -0.443 e. The van der Waals surface area contributed by atoms with E-state index in [-0.39, 0.29) is 6.09 Å². The summed E-state index contributed by atoms with van der Waals surface area (Å²) in [4.78, 5) is 12.0. The molecule has 0 fully saturated rings. The van der Waals surface area contributed by atoms with Crippen LogP contribution in [-0.4, -0.2) is 16.3 Å². The first-order chi connectivity index (χ1) is 8.44. The summed E-state index contributed by atoms with van der Waals surface area (Å²) in [5.74, 6) is 0.627. The van der Waals surface area contributed by atoms with Crippen LogP contribution in [0.25, 0.3) is 0 Å². The highest BCUT2D eigenvalue weighted by Crippen LogP contribution is 2.40. The molecule has 0 saturated heterocycles. The highest BCUT2D eigenvalue weighted by atomic mass is 16.6. The Morgan fingerprint density at radius 3 is 1.89 bits per heavy atom. The van der Waals surface area contributed by atoms with Gasteiger partial charge in [-0.3, -0.25) is 4.57 Å². The molecule has 1 aromatic rings. The van der Waals surface area contributed by atoms with Crippen LogP contribution in [0, 0.1) is 0 Å². The van der Waals surface area contributed by atoms with E-state index in [0.29, 0.717) is 11.8 Å². The Morgan fingerprint density at radius 2 is 1.50 bits per heavy atom. The molecule has 18 heavy (non-hydrogen) atoms. The van der Waals surface area contributed by atoms with Crippen LogP contribution in [-0.2, 0) is 4.74 Å². The van der Waals surface area contributed by atoms with Crippen LogP contribution in [0.4, 0.5) is 4.79 Å². The van der Waals surface area contributed by atoms with Crippen molar-refractivity contribution < 1.29 is 9.53 Å². The van der Waals surface area contributed by atoms with E-state index in [1.807, 2.05) is 33.2 Å². The van der Waals surface area contributed by atoms with Gasteiger partial charge in [0.2, 0.25) is 0 Å². The summed E-state index contributed by atoms with van der Waals surface area (Å²) >= 11 is 0. The second-order valence-corrected chi connectivity index (χ2v) is 5.88. The molecule has 0 atom stereocenters. The number of carbonyl (C=O) groups excluding carboxylic acids is 1. The van der Waals surface area contributed by atoms with Gasteiger partial charge in [-0.15, -0.1) is 0 Å². The molecule has 0 amide bonds. The van der Waals surface area contributed by atoms with E-state index in [2.05, 4.69) is 24.3 Å². The molecule has 0 aliphatic heterocycles. The molecule has 3 aliphatic rings. The molecule has 2 bridgehead atoms. The third kappa shape index (κ3) is 1.80. The van der Waals surface area contributed by atoms with Gasteiger partial charge >= 0.3 is 6.09 Å². The zero-order valence-electron chi connectivity index (χ0n) is 10.9. The van der Waals surface area contributed by atoms with Crippen LogP contribution in [0.1, 0.15) is 43.7 Å². The predicted octanol–water partition coefficient (Wildman–Crippen LogP) is 3.58. The predicted molar refractivity (Wildman–Crippen MR) is 69.8 cm³/mol. The van der Waals surface area contributed by atoms with Gasteiger partial charge < -0.3 is 4.74 Å². The Kier molecular flexibility index (Phi) is 2.27. The van der Waals surface area contributed by atoms with Crippen LogP contribution in [0.3, 0.4) is 0 Å². The van der Waals surface area contributed by atoms with E-state index in [1.165, 1.54) is 11.1 Å². The summed E-state index contributed by atoms with van der Waals surface area (Å²) in [6, 6.07) is 0. The summed E-state index contributed by atoms with van der Waals surface area (Å²) < 4.78 is 6.94. The summed E-state index contributed by atoms with van der Waals surface area (Å²) in [7, 11) is 0. The summed E-state index contributed by atoms with van der Waals surface area (Å²) in [6.07, 6.45) is 12.2. The van der Waals surface area contributed by atoms with Crippen molar-refractivity contribution in [3.63, 3.8) is 0 Å². The first-order valence-corrected chi connectivity index (χ1v) is 6.26. The van der Waals surface area contributed by atoms with Crippen molar-refractivity contribution in [3.8, 4) is 0 Å². The van der Waals surface area contributed by atoms with E-state index in [0.717, 1.165) is 0 Å². The third-order valence-electron chi connectivity index (χ3n) is 3.26. The lowest BCUT2D eigenvalue weighted by molar-refractivity contribution is 0.0537. The second kappa shape index (κ2) is 3.61. The molecule has 1 aromatic heterocycles. The fraction of sp³-hybridized carbons (Fsp3) is 0.400. The van der Waals surface area contributed by atoms with Gasteiger partial charge in [0.25, 0.3) is 0 Å². The number of rotatable bonds is 0. The van der Waals surface area contributed by atoms with Gasteiger partial charge in [-0.2, -0.15) is 0 Å². The smallest absolute Gasteiger partial charge is 0.418 e. The molecule has 0 spiro atoms. The maximum absolute atomic E-state index is 12.0. The number of hydrogen-bond donors (Lipinski definition) is 0. The molecule has 3 aliphatic carbocycles. The topological polar surface area (TPSA) is 31.2 Å². The van der Waals surface area contributed by atoms with E-state index in [1.54, 1.807) is 4.57 Å². The van der Waals surface area contributed by atoms with Gasteiger partial charge in [0.15, 0.2) is 0 Å². The molecular weight excluding hydrogens is 226 g/mol. The fourth-order valence-corrected chi connectivity index (χ4v) is 2.48. The molecule has 3 heteroatoms. The first kappa shape index (κ1) is 11.3. The number of allylic oxidation sites excluding steroid dienone is 4. The van der Waals surface area contributed by atoms with E-state index < -0.39 is 5.60 Å². The molecule has 0 radical (unpaired) electrons. The minimum absolute atomic E-state index is 0.309. The Balaban J connectivity index is 1.90. The SMILES string of the molecule is CC(C)(C)OC(=O)n1cc2c(c1)C1C=CC2C=C1. The van der Waals surface area contributed by atoms with Gasteiger partial charge in [0, 0.05) is 24.2 Å². The number of ether oxygens (including phenoxy) is 1. The van der Waals surface area contributed by atoms with Crippen molar-refractivity contribution in [2.75, 3.05) is 0 Å². The molecular formula is C15H17NO2. The number of nitrogens with zero attached hydrogens (tertiary/aromatic N) is 1. The molecule has 94 valence electrons. The molecule has 3 nitrogen and oxygen atoms in total. The van der Waals surface area contributed by atoms with Crippen molar-refractivity contribution >= 4 is 6.09 Å². The highest BCUT2D eigenvalue weighted by molar-refractivity contribution is 5.72. The Labute approximate surface area is 107 Å². The zero-order chi connectivity index (χ0) is 12.9. The van der Waals surface area contributed by atoms with Crippen molar-refractivity contribution in [2.45, 2.75) is 38.2 Å². The highest BCUT2D eigenvalue weighted by Gasteiger charge is 2.28. The summed E-state index contributed by atoms with van der Waals surface area (Å²) in [5, 5.41) is 0. The van der Waals surface area contributed by atoms with Crippen LogP contribution in [0.2, 0.25) is 0 Å².